The highest BCUT2D eigenvalue weighted by Crippen LogP contribution is 2.31. The summed E-state index contributed by atoms with van der Waals surface area (Å²) in [6, 6.07) is 15.4. The monoisotopic (exact) mass is 356 g/mol. The fourth-order valence-corrected chi connectivity index (χ4v) is 3.02. The standard InChI is InChI=1S/C18H17FN4OS/c1-22(15-10-6-7-13(19)11-15)16-12-20-17(25-16)21-18(24)23(2)14-8-4-3-5-9-14/h3-12H,1-2H3,(H,20,21,24). The van der Waals surface area contributed by atoms with Crippen molar-refractivity contribution in [2.24, 2.45) is 0 Å². The number of nitrogens with zero attached hydrogens (tertiary/aromatic N) is 3. The van der Waals surface area contributed by atoms with E-state index in [0.717, 1.165) is 10.7 Å². The fourth-order valence-electron chi connectivity index (χ4n) is 2.23. The maximum atomic E-state index is 13.4. The van der Waals surface area contributed by atoms with Crippen LogP contribution in [0.3, 0.4) is 0 Å². The van der Waals surface area contributed by atoms with Crippen LogP contribution in [0.1, 0.15) is 0 Å². The second-order valence-corrected chi connectivity index (χ2v) is 6.38. The highest BCUT2D eigenvalue weighted by atomic mass is 32.1. The number of anilines is 4. The second kappa shape index (κ2) is 7.31. The van der Waals surface area contributed by atoms with Crippen molar-refractivity contribution < 1.29 is 9.18 Å². The molecule has 7 heteroatoms. The number of rotatable bonds is 4. The van der Waals surface area contributed by atoms with Gasteiger partial charge in [-0.25, -0.2) is 14.2 Å². The molecular formula is C18H17FN4OS. The van der Waals surface area contributed by atoms with Crippen LogP contribution in [-0.2, 0) is 0 Å². The number of carbonyl (C=O) groups excluding carboxylic acids is 1. The van der Waals surface area contributed by atoms with Crippen LogP contribution in [0.5, 0.6) is 0 Å². The summed E-state index contributed by atoms with van der Waals surface area (Å²) >= 11 is 1.32. The molecule has 0 saturated carbocycles. The molecule has 3 rings (SSSR count). The molecule has 0 aliphatic heterocycles. The number of nitrogens with one attached hydrogen (secondary N) is 1. The molecule has 0 aliphatic carbocycles. The van der Waals surface area contributed by atoms with Crippen molar-refractivity contribution in [1.82, 2.24) is 4.98 Å². The molecule has 2 aromatic carbocycles. The number of urea groups is 1. The van der Waals surface area contributed by atoms with E-state index < -0.39 is 0 Å². The van der Waals surface area contributed by atoms with Crippen LogP contribution < -0.4 is 15.1 Å². The van der Waals surface area contributed by atoms with Gasteiger partial charge in [-0.2, -0.15) is 0 Å². The molecule has 0 spiro atoms. The lowest BCUT2D eigenvalue weighted by atomic mass is 10.3. The molecule has 0 fully saturated rings. The van der Waals surface area contributed by atoms with E-state index in [-0.39, 0.29) is 11.8 Å². The van der Waals surface area contributed by atoms with Crippen LogP contribution in [0.4, 0.5) is 30.7 Å². The van der Waals surface area contributed by atoms with Crippen LogP contribution in [-0.4, -0.2) is 25.1 Å². The van der Waals surface area contributed by atoms with Crippen molar-refractivity contribution in [3.05, 3.63) is 66.6 Å². The van der Waals surface area contributed by atoms with Crippen LogP contribution in [0.2, 0.25) is 0 Å². The van der Waals surface area contributed by atoms with Gasteiger partial charge in [0, 0.05) is 25.5 Å². The Morgan fingerprint density at radius 1 is 1.08 bits per heavy atom. The summed E-state index contributed by atoms with van der Waals surface area (Å²) in [5.41, 5.74) is 1.50. The Labute approximate surface area is 149 Å². The molecule has 0 unspecified atom stereocenters. The van der Waals surface area contributed by atoms with Gasteiger partial charge in [0.25, 0.3) is 0 Å². The van der Waals surface area contributed by atoms with Crippen molar-refractivity contribution in [3.63, 3.8) is 0 Å². The van der Waals surface area contributed by atoms with E-state index in [2.05, 4.69) is 10.3 Å². The van der Waals surface area contributed by atoms with E-state index in [4.69, 9.17) is 0 Å². The van der Waals surface area contributed by atoms with E-state index >= 15 is 0 Å². The second-order valence-electron chi connectivity index (χ2n) is 5.37. The third-order valence-corrected chi connectivity index (χ3v) is 4.67. The molecule has 25 heavy (non-hydrogen) atoms. The number of aromatic nitrogens is 1. The molecule has 1 N–H and O–H groups in total. The van der Waals surface area contributed by atoms with Crippen molar-refractivity contribution >= 4 is 38.9 Å². The lowest BCUT2D eigenvalue weighted by molar-refractivity contribution is 0.258. The Kier molecular flexibility index (Phi) is 4.95. The first kappa shape index (κ1) is 16.9. The van der Waals surface area contributed by atoms with Gasteiger partial charge in [0.2, 0.25) is 0 Å². The Balaban J connectivity index is 1.70. The maximum Gasteiger partial charge on any atom is 0.327 e. The van der Waals surface area contributed by atoms with Gasteiger partial charge in [-0.05, 0) is 30.3 Å². The van der Waals surface area contributed by atoms with Gasteiger partial charge in [-0.3, -0.25) is 10.2 Å². The van der Waals surface area contributed by atoms with Gasteiger partial charge < -0.3 is 4.90 Å². The normalized spacial score (nSPS) is 10.4. The molecule has 5 nitrogen and oxygen atoms in total. The smallest absolute Gasteiger partial charge is 0.327 e. The lowest BCUT2D eigenvalue weighted by Crippen LogP contribution is -2.30. The minimum absolute atomic E-state index is 0.277. The molecule has 1 aromatic heterocycles. The van der Waals surface area contributed by atoms with E-state index in [1.54, 1.807) is 19.3 Å². The minimum Gasteiger partial charge on any atom is -0.335 e. The zero-order valence-electron chi connectivity index (χ0n) is 13.8. The largest absolute Gasteiger partial charge is 0.335 e. The van der Waals surface area contributed by atoms with Crippen molar-refractivity contribution in [2.75, 3.05) is 29.2 Å². The SMILES string of the molecule is CN(C(=O)Nc1ncc(N(C)c2cccc(F)c2)s1)c1ccccc1. The number of carbonyl (C=O) groups is 1. The Hall–Kier alpha value is -2.93. The van der Waals surface area contributed by atoms with E-state index in [0.29, 0.717) is 10.8 Å². The zero-order chi connectivity index (χ0) is 17.8. The summed E-state index contributed by atoms with van der Waals surface area (Å²) < 4.78 is 13.4. The van der Waals surface area contributed by atoms with Crippen molar-refractivity contribution in [2.45, 2.75) is 0 Å². The van der Waals surface area contributed by atoms with Gasteiger partial charge in [-0.1, -0.05) is 35.6 Å². The number of hydrogen-bond acceptors (Lipinski definition) is 4. The van der Waals surface area contributed by atoms with E-state index in [9.17, 15) is 9.18 Å². The van der Waals surface area contributed by atoms with Gasteiger partial charge in [0.15, 0.2) is 5.13 Å². The first-order chi connectivity index (χ1) is 12.0. The molecule has 1 heterocycles. The highest BCUT2D eigenvalue weighted by molar-refractivity contribution is 7.19. The van der Waals surface area contributed by atoms with Gasteiger partial charge >= 0.3 is 6.03 Å². The van der Waals surface area contributed by atoms with Crippen LogP contribution in [0, 0.1) is 5.82 Å². The van der Waals surface area contributed by atoms with Crippen molar-refractivity contribution in [3.8, 4) is 0 Å². The van der Waals surface area contributed by atoms with Gasteiger partial charge in [-0.15, -0.1) is 0 Å². The third-order valence-electron chi connectivity index (χ3n) is 3.68. The first-order valence-corrected chi connectivity index (χ1v) is 8.41. The zero-order valence-corrected chi connectivity index (χ0v) is 14.6. The molecule has 0 saturated heterocycles. The van der Waals surface area contributed by atoms with Gasteiger partial charge in [0.05, 0.1) is 6.20 Å². The van der Waals surface area contributed by atoms with Crippen molar-refractivity contribution in [1.29, 1.82) is 0 Å². The molecule has 0 radical (unpaired) electrons. The quantitative estimate of drug-likeness (QED) is 0.736. The predicted molar refractivity (Wildman–Crippen MR) is 100 cm³/mol. The summed E-state index contributed by atoms with van der Waals surface area (Å²) in [6.45, 7) is 0. The Bertz CT molecular complexity index is 868. The molecule has 0 atom stereocenters. The molecule has 0 aliphatic rings. The van der Waals surface area contributed by atoms with E-state index in [1.807, 2.05) is 48.3 Å². The number of thiazole rings is 1. The van der Waals surface area contributed by atoms with Crippen LogP contribution >= 0.6 is 11.3 Å². The fraction of sp³-hybridized carbons (Fsp3) is 0.111. The minimum atomic E-state index is -0.299. The topological polar surface area (TPSA) is 48.5 Å². The Morgan fingerprint density at radius 2 is 1.80 bits per heavy atom. The maximum absolute atomic E-state index is 13.4. The number of para-hydroxylation sites is 1. The van der Waals surface area contributed by atoms with Gasteiger partial charge in [0.1, 0.15) is 10.8 Å². The molecule has 0 bridgehead atoms. The number of amides is 2. The number of halogens is 1. The molecule has 3 aromatic rings. The lowest BCUT2D eigenvalue weighted by Gasteiger charge is -2.17. The highest BCUT2D eigenvalue weighted by Gasteiger charge is 2.14. The summed E-state index contributed by atoms with van der Waals surface area (Å²) in [7, 11) is 3.52. The summed E-state index contributed by atoms with van der Waals surface area (Å²) in [5, 5.41) is 4.04. The van der Waals surface area contributed by atoms with Crippen LogP contribution in [0.15, 0.2) is 60.8 Å². The predicted octanol–water partition coefficient (Wildman–Crippen LogP) is 4.72. The first-order valence-electron chi connectivity index (χ1n) is 7.59. The number of hydrogen-bond donors (Lipinski definition) is 1. The molecule has 128 valence electrons. The third kappa shape index (κ3) is 3.95. The summed E-state index contributed by atoms with van der Waals surface area (Å²) in [4.78, 5) is 19.9. The number of benzene rings is 2. The molecule has 2 amide bonds. The Morgan fingerprint density at radius 3 is 2.52 bits per heavy atom. The van der Waals surface area contributed by atoms with Crippen LogP contribution in [0.25, 0.3) is 0 Å². The summed E-state index contributed by atoms with van der Waals surface area (Å²) in [6.07, 6.45) is 1.65. The summed E-state index contributed by atoms with van der Waals surface area (Å²) in [5.74, 6) is -0.299. The molecular weight excluding hydrogens is 339 g/mol. The average molecular weight is 356 g/mol. The average Bonchev–Trinajstić information content (AvgIpc) is 3.09. The van der Waals surface area contributed by atoms with E-state index in [1.165, 1.54) is 28.4 Å².